The molecule has 0 spiro atoms. The van der Waals surface area contributed by atoms with Crippen LogP contribution in [0.4, 0.5) is 0 Å². The number of rotatable bonds is 8. The van der Waals surface area contributed by atoms with Crippen LogP contribution in [-0.2, 0) is 0 Å². The van der Waals surface area contributed by atoms with Crippen LogP contribution in [0, 0.1) is 0 Å². The van der Waals surface area contributed by atoms with E-state index >= 15 is 0 Å². The maximum atomic E-state index is 5.89. The number of ether oxygens (including phenoxy) is 1. The molecule has 1 N–H and O–H groups in total. The van der Waals surface area contributed by atoms with Gasteiger partial charge in [0.2, 0.25) is 0 Å². The average molecular weight is 277 g/mol. The van der Waals surface area contributed by atoms with Gasteiger partial charge in [-0.1, -0.05) is 38.7 Å². The maximum Gasteiger partial charge on any atom is 0.164 e. The number of aromatic nitrogens is 2. The van der Waals surface area contributed by atoms with Crippen LogP contribution in [0.15, 0.2) is 12.3 Å². The highest BCUT2D eigenvalue weighted by atomic mass is 16.5. The SMILES string of the molecule is CCCCCCCOc1c[nH]nc1C1=CCCN(C)C1. The first kappa shape index (κ1) is 15.1. The number of unbranched alkanes of at least 4 members (excludes halogenated alkanes) is 4. The van der Waals surface area contributed by atoms with Gasteiger partial charge in [0.25, 0.3) is 0 Å². The van der Waals surface area contributed by atoms with E-state index in [4.69, 9.17) is 4.74 Å². The van der Waals surface area contributed by atoms with Crippen molar-refractivity contribution in [1.82, 2.24) is 15.1 Å². The van der Waals surface area contributed by atoms with Gasteiger partial charge in [0.1, 0.15) is 5.69 Å². The van der Waals surface area contributed by atoms with Gasteiger partial charge in [0.05, 0.1) is 12.8 Å². The molecule has 0 atom stereocenters. The van der Waals surface area contributed by atoms with E-state index < -0.39 is 0 Å². The maximum absolute atomic E-state index is 5.89. The summed E-state index contributed by atoms with van der Waals surface area (Å²) in [5, 5.41) is 7.30. The highest BCUT2D eigenvalue weighted by molar-refractivity contribution is 5.69. The molecule has 1 aliphatic rings. The van der Waals surface area contributed by atoms with Crippen molar-refractivity contribution in [3.63, 3.8) is 0 Å². The summed E-state index contributed by atoms with van der Waals surface area (Å²) in [7, 11) is 2.15. The monoisotopic (exact) mass is 277 g/mol. The molecule has 2 rings (SSSR count). The van der Waals surface area contributed by atoms with Gasteiger partial charge in [0, 0.05) is 13.1 Å². The number of nitrogens with one attached hydrogen (secondary N) is 1. The number of hydrogen-bond acceptors (Lipinski definition) is 3. The Kier molecular flexibility index (Phi) is 6.12. The third kappa shape index (κ3) is 4.37. The second-order valence-corrected chi connectivity index (χ2v) is 5.62. The van der Waals surface area contributed by atoms with Crippen LogP contribution >= 0.6 is 0 Å². The largest absolute Gasteiger partial charge is 0.490 e. The average Bonchev–Trinajstić information content (AvgIpc) is 2.91. The second kappa shape index (κ2) is 8.10. The lowest BCUT2D eigenvalue weighted by atomic mass is 10.1. The fourth-order valence-corrected chi connectivity index (χ4v) is 2.57. The molecular weight excluding hydrogens is 250 g/mol. The molecule has 0 amide bonds. The van der Waals surface area contributed by atoms with Crippen molar-refractivity contribution in [3.05, 3.63) is 18.0 Å². The van der Waals surface area contributed by atoms with Crippen molar-refractivity contribution >= 4 is 5.57 Å². The zero-order valence-corrected chi connectivity index (χ0v) is 12.8. The number of hydrogen-bond donors (Lipinski definition) is 1. The van der Waals surface area contributed by atoms with Gasteiger partial charge in [-0.05, 0) is 25.5 Å². The first-order valence-electron chi connectivity index (χ1n) is 7.85. The first-order chi connectivity index (χ1) is 9.81. The summed E-state index contributed by atoms with van der Waals surface area (Å²) in [5.74, 6) is 0.905. The first-order valence-corrected chi connectivity index (χ1v) is 7.85. The van der Waals surface area contributed by atoms with Gasteiger partial charge in [-0.3, -0.25) is 5.10 Å². The van der Waals surface area contributed by atoms with Crippen molar-refractivity contribution < 1.29 is 4.74 Å². The predicted octanol–water partition coefficient (Wildman–Crippen LogP) is 3.48. The molecule has 4 heteroatoms. The Hall–Kier alpha value is -1.29. The summed E-state index contributed by atoms with van der Waals surface area (Å²) in [6.45, 7) is 5.11. The lowest BCUT2D eigenvalue weighted by Crippen LogP contribution is -2.25. The molecule has 1 aromatic rings. The quantitative estimate of drug-likeness (QED) is 0.740. The summed E-state index contributed by atoms with van der Waals surface area (Å²) < 4.78 is 5.89. The minimum Gasteiger partial charge on any atom is -0.490 e. The van der Waals surface area contributed by atoms with E-state index in [1.165, 1.54) is 31.3 Å². The molecule has 0 aliphatic carbocycles. The van der Waals surface area contributed by atoms with Crippen LogP contribution in [-0.4, -0.2) is 41.8 Å². The zero-order valence-electron chi connectivity index (χ0n) is 12.8. The number of nitrogens with zero attached hydrogens (tertiary/aromatic N) is 2. The molecule has 20 heavy (non-hydrogen) atoms. The van der Waals surface area contributed by atoms with Gasteiger partial charge in [-0.25, -0.2) is 0 Å². The summed E-state index contributed by atoms with van der Waals surface area (Å²) in [6, 6.07) is 0. The lowest BCUT2D eigenvalue weighted by molar-refractivity contribution is 0.303. The summed E-state index contributed by atoms with van der Waals surface area (Å²) in [4.78, 5) is 2.32. The van der Waals surface area contributed by atoms with Gasteiger partial charge >= 0.3 is 0 Å². The van der Waals surface area contributed by atoms with Crippen LogP contribution in [0.25, 0.3) is 5.57 Å². The predicted molar refractivity (Wildman–Crippen MR) is 82.9 cm³/mol. The van der Waals surface area contributed by atoms with Gasteiger partial charge in [0.15, 0.2) is 5.75 Å². The molecule has 1 aromatic heterocycles. The van der Waals surface area contributed by atoms with E-state index in [0.717, 1.165) is 44.0 Å². The number of likely N-dealkylation sites (N-methyl/N-ethyl adjacent to an activating group) is 1. The Morgan fingerprint density at radius 3 is 2.95 bits per heavy atom. The Morgan fingerprint density at radius 1 is 1.30 bits per heavy atom. The van der Waals surface area contributed by atoms with Crippen LogP contribution in [0.2, 0.25) is 0 Å². The van der Waals surface area contributed by atoms with Gasteiger partial charge < -0.3 is 9.64 Å². The molecule has 0 fully saturated rings. The molecule has 0 radical (unpaired) electrons. The molecule has 1 aliphatic heterocycles. The van der Waals surface area contributed by atoms with Crippen molar-refractivity contribution in [2.24, 2.45) is 0 Å². The minimum absolute atomic E-state index is 0.791. The molecule has 0 saturated heterocycles. The fourth-order valence-electron chi connectivity index (χ4n) is 2.57. The van der Waals surface area contributed by atoms with E-state index in [9.17, 15) is 0 Å². The molecule has 0 bridgehead atoms. The topological polar surface area (TPSA) is 41.1 Å². The van der Waals surface area contributed by atoms with Crippen LogP contribution in [0.5, 0.6) is 5.75 Å². The smallest absolute Gasteiger partial charge is 0.164 e. The standard InChI is InChI=1S/C16H27N3O/c1-3-4-5-6-7-11-20-15-12-17-18-16(15)14-9-8-10-19(2)13-14/h9,12H,3-8,10-11,13H2,1-2H3,(H,17,18). The number of aromatic amines is 1. The van der Waals surface area contributed by atoms with E-state index in [2.05, 4.69) is 35.1 Å². The molecule has 0 unspecified atom stereocenters. The summed E-state index contributed by atoms with van der Waals surface area (Å²) >= 11 is 0. The highest BCUT2D eigenvalue weighted by Gasteiger charge is 2.16. The van der Waals surface area contributed by atoms with Crippen LogP contribution < -0.4 is 4.74 Å². The Bertz CT molecular complexity index is 425. The number of H-pyrrole nitrogens is 1. The molecule has 4 nitrogen and oxygen atoms in total. The van der Waals surface area contributed by atoms with Crippen molar-refractivity contribution in [3.8, 4) is 5.75 Å². The Labute approximate surface area is 122 Å². The minimum atomic E-state index is 0.791. The third-order valence-corrected chi connectivity index (χ3v) is 3.76. The molecular formula is C16H27N3O. The Balaban J connectivity index is 1.81. The summed E-state index contributed by atoms with van der Waals surface area (Å²) in [6.07, 6.45) is 11.6. The third-order valence-electron chi connectivity index (χ3n) is 3.76. The second-order valence-electron chi connectivity index (χ2n) is 5.62. The van der Waals surface area contributed by atoms with Gasteiger partial charge in [-0.15, -0.1) is 0 Å². The van der Waals surface area contributed by atoms with Crippen molar-refractivity contribution in [1.29, 1.82) is 0 Å². The zero-order chi connectivity index (χ0) is 14.2. The van der Waals surface area contributed by atoms with E-state index in [1.54, 1.807) is 0 Å². The molecule has 2 heterocycles. The Morgan fingerprint density at radius 2 is 2.15 bits per heavy atom. The van der Waals surface area contributed by atoms with Crippen LogP contribution in [0.3, 0.4) is 0 Å². The van der Waals surface area contributed by atoms with Crippen molar-refractivity contribution in [2.45, 2.75) is 45.4 Å². The van der Waals surface area contributed by atoms with E-state index in [-0.39, 0.29) is 0 Å². The fraction of sp³-hybridized carbons (Fsp3) is 0.688. The van der Waals surface area contributed by atoms with E-state index in [0.29, 0.717) is 0 Å². The molecule has 0 saturated carbocycles. The van der Waals surface area contributed by atoms with Crippen LogP contribution in [0.1, 0.15) is 51.1 Å². The lowest BCUT2D eigenvalue weighted by Gasteiger charge is -2.22. The summed E-state index contributed by atoms with van der Waals surface area (Å²) in [5.41, 5.74) is 2.27. The van der Waals surface area contributed by atoms with Gasteiger partial charge in [-0.2, -0.15) is 5.10 Å². The van der Waals surface area contributed by atoms with Crippen molar-refractivity contribution in [2.75, 3.05) is 26.7 Å². The normalized spacial score (nSPS) is 16.2. The molecule has 112 valence electrons. The molecule has 0 aromatic carbocycles. The van der Waals surface area contributed by atoms with E-state index in [1.807, 2.05) is 6.20 Å². The highest BCUT2D eigenvalue weighted by Crippen LogP contribution is 2.26.